The zero-order valence-corrected chi connectivity index (χ0v) is 19.3. The van der Waals surface area contributed by atoms with Crippen molar-refractivity contribution >= 4 is 34.9 Å². The molecule has 3 aliphatic rings. The van der Waals surface area contributed by atoms with Gasteiger partial charge in [-0.2, -0.15) is 11.8 Å². The number of anilines is 1. The van der Waals surface area contributed by atoms with E-state index in [4.69, 9.17) is 0 Å². The predicted octanol–water partition coefficient (Wildman–Crippen LogP) is 0.648. The minimum Gasteiger partial charge on any atom is -0.543 e. The largest absolute Gasteiger partial charge is 0.543 e. The molecular formula is C25H27N3O4S. The molecule has 0 aliphatic carbocycles. The van der Waals surface area contributed by atoms with Crippen molar-refractivity contribution in [3.63, 3.8) is 0 Å². The molecule has 1 aromatic heterocycles. The number of fused-ring (bicyclic) bond motifs is 1. The Labute approximate surface area is 197 Å². The van der Waals surface area contributed by atoms with E-state index in [0.717, 1.165) is 24.2 Å². The first-order chi connectivity index (χ1) is 15.9. The summed E-state index contributed by atoms with van der Waals surface area (Å²) in [4.78, 5) is 27.9. The average Bonchev–Trinajstić information content (AvgIpc) is 3.16. The molecule has 172 valence electrons. The number of aliphatic hydroxyl groups excluding tert-OH is 1. The van der Waals surface area contributed by atoms with Gasteiger partial charge in [-0.1, -0.05) is 24.3 Å². The molecule has 1 amide bonds. The topological polar surface area (TPSA) is 87.8 Å². The van der Waals surface area contributed by atoms with Gasteiger partial charge in [0.25, 0.3) is 0 Å². The summed E-state index contributed by atoms with van der Waals surface area (Å²) in [6.45, 7) is 4.45. The van der Waals surface area contributed by atoms with E-state index in [9.17, 15) is 19.8 Å². The Hall–Kier alpha value is -2.84. The molecule has 0 unspecified atom stereocenters. The van der Waals surface area contributed by atoms with Crippen molar-refractivity contribution in [3.8, 4) is 0 Å². The summed E-state index contributed by atoms with van der Waals surface area (Å²) >= 11 is 2.00. The Morgan fingerprint density at radius 1 is 1.18 bits per heavy atom. The van der Waals surface area contributed by atoms with Crippen LogP contribution in [0.15, 0.2) is 54.5 Å². The van der Waals surface area contributed by atoms with Crippen LogP contribution >= 0.6 is 11.8 Å². The van der Waals surface area contributed by atoms with Gasteiger partial charge in [-0.05, 0) is 24.5 Å². The van der Waals surface area contributed by atoms with E-state index in [1.165, 1.54) is 22.1 Å². The Bertz CT molecular complexity index is 1090. The first-order valence-corrected chi connectivity index (χ1v) is 12.5. The summed E-state index contributed by atoms with van der Waals surface area (Å²) in [6, 6.07) is 11.8. The summed E-state index contributed by atoms with van der Waals surface area (Å²) in [5, 5.41) is 21.7. The summed E-state index contributed by atoms with van der Waals surface area (Å²) in [6.07, 6.45) is 3.78. The van der Waals surface area contributed by atoms with Crippen molar-refractivity contribution in [2.45, 2.75) is 32.0 Å². The lowest BCUT2D eigenvalue weighted by atomic mass is 9.82. The van der Waals surface area contributed by atoms with Crippen molar-refractivity contribution in [3.05, 3.63) is 65.6 Å². The Morgan fingerprint density at radius 3 is 2.45 bits per heavy atom. The number of aromatic nitrogens is 1. The number of carbonyl (C=O) groups excluding carboxylic acids is 2. The lowest BCUT2D eigenvalue weighted by Gasteiger charge is -2.45. The standard InChI is InChI=1S/C25H27N3O4S/c1-16(29)22-21-14-20(23(25(31)32)28(21)24(22)30)18-4-2-17(3-5-18)15-26-8-6-19(7-9-26)27-10-12-33-13-11-27/h2-9,16,21-22,29H,10-15H2,1H3/t16-,21-,22-/m1/s1. The highest BCUT2D eigenvalue weighted by Crippen LogP contribution is 2.46. The number of β-lactam (4-membered cyclic amide) rings is 1. The predicted molar refractivity (Wildman–Crippen MR) is 124 cm³/mol. The van der Waals surface area contributed by atoms with E-state index in [2.05, 4.69) is 34.0 Å². The number of benzene rings is 1. The molecule has 2 fully saturated rings. The van der Waals surface area contributed by atoms with E-state index < -0.39 is 18.0 Å². The smallest absolute Gasteiger partial charge is 0.235 e. The molecule has 3 atom stereocenters. The maximum atomic E-state index is 12.4. The van der Waals surface area contributed by atoms with Crippen LogP contribution in [0.3, 0.4) is 0 Å². The van der Waals surface area contributed by atoms with E-state index in [-0.39, 0.29) is 17.6 Å². The fourth-order valence-electron chi connectivity index (χ4n) is 5.13. The number of hydrogen-bond donors (Lipinski definition) is 1. The van der Waals surface area contributed by atoms with E-state index >= 15 is 0 Å². The van der Waals surface area contributed by atoms with Gasteiger partial charge in [0, 0.05) is 48.0 Å². The molecule has 1 aromatic carbocycles. The number of hydrogen-bond acceptors (Lipinski definition) is 6. The van der Waals surface area contributed by atoms with E-state index in [1.54, 1.807) is 6.92 Å². The Morgan fingerprint density at radius 2 is 1.85 bits per heavy atom. The normalized spacial score (nSPS) is 23.4. The maximum absolute atomic E-state index is 12.4. The molecule has 3 aliphatic heterocycles. The number of aliphatic hydroxyl groups is 1. The summed E-state index contributed by atoms with van der Waals surface area (Å²) in [5.74, 6) is 0.0907. The molecule has 5 rings (SSSR count). The second-order valence-electron chi connectivity index (χ2n) is 8.89. The first kappa shape index (κ1) is 22.0. The van der Waals surface area contributed by atoms with Crippen molar-refractivity contribution in [2.75, 3.05) is 29.5 Å². The molecule has 4 heterocycles. The number of nitrogens with zero attached hydrogens (tertiary/aromatic N) is 3. The van der Waals surface area contributed by atoms with E-state index in [1.807, 2.05) is 36.0 Å². The first-order valence-electron chi connectivity index (χ1n) is 11.3. The number of carboxylic acids is 1. The average molecular weight is 466 g/mol. The molecule has 2 aromatic rings. The fourth-order valence-corrected chi connectivity index (χ4v) is 6.03. The highest BCUT2D eigenvalue weighted by Gasteiger charge is 2.55. The maximum Gasteiger partial charge on any atom is 0.235 e. The molecule has 2 saturated heterocycles. The second-order valence-corrected chi connectivity index (χ2v) is 10.1. The molecule has 7 nitrogen and oxygen atoms in total. The molecule has 0 radical (unpaired) electrons. The third kappa shape index (κ3) is 4.02. The molecular weight excluding hydrogens is 438 g/mol. The highest BCUT2D eigenvalue weighted by atomic mass is 32.2. The van der Waals surface area contributed by atoms with Gasteiger partial charge in [-0.15, -0.1) is 0 Å². The lowest BCUT2D eigenvalue weighted by molar-refractivity contribution is -0.688. The molecule has 0 saturated carbocycles. The number of thioether (sulfide) groups is 1. The monoisotopic (exact) mass is 465 g/mol. The SMILES string of the molecule is C[C@@H](O)[C@H]1C(=O)N2C(C(=O)[O-])=C(c3ccc(C[n+]4ccc(N5CCSCC5)cc4)cc3)C[C@H]12. The van der Waals surface area contributed by atoms with Crippen LogP contribution in [0.1, 0.15) is 24.5 Å². The summed E-state index contributed by atoms with van der Waals surface area (Å²) in [5.41, 5.74) is 3.66. The van der Waals surface area contributed by atoms with Crippen molar-refractivity contribution in [1.82, 2.24) is 4.90 Å². The summed E-state index contributed by atoms with van der Waals surface area (Å²) < 4.78 is 2.12. The van der Waals surface area contributed by atoms with Crippen LogP contribution in [0.4, 0.5) is 5.69 Å². The quantitative estimate of drug-likeness (QED) is 0.498. The fraction of sp³-hybridized carbons (Fsp3) is 0.400. The number of pyridine rings is 1. The van der Waals surface area contributed by atoms with Crippen LogP contribution in [0, 0.1) is 5.92 Å². The van der Waals surface area contributed by atoms with Crippen LogP contribution in [0.2, 0.25) is 0 Å². The molecule has 33 heavy (non-hydrogen) atoms. The van der Waals surface area contributed by atoms with Crippen LogP contribution in [0.25, 0.3) is 5.57 Å². The lowest BCUT2D eigenvalue weighted by Crippen LogP contribution is -2.62. The van der Waals surface area contributed by atoms with Gasteiger partial charge in [-0.3, -0.25) is 4.79 Å². The summed E-state index contributed by atoms with van der Waals surface area (Å²) in [7, 11) is 0. The molecule has 0 bridgehead atoms. The number of carbonyl (C=O) groups is 2. The van der Waals surface area contributed by atoms with E-state index in [0.29, 0.717) is 18.5 Å². The second kappa shape index (κ2) is 8.83. The van der Waals surface area contributed by atoms with Crippen LogP contribution in [0.5, 0.6) is 0 Å². The van der Waals surface area contributed by atoms with Gasteiger partial charge in [0.2, 0.25) is 5.91 Å². The van der Waals surface area contributed by atoms with Crippen molar-refractivity contribution < 1.29 is 24.4 Å². The van der Waals surface area contributed by atoms with Crippen LogP contribution in [-0.4, -0.2) is 58.6 Å². The number of aliphatic carboxylic acids is 1. The van der Waals surface area contributed by atoms with Gasteiger partial charge >= 0.3 is 0 Å². The van der Waals surface area contributed by atoms with Crippen molar-refractivity contribution in [1.29, 1.82) is 0 Å². The molecule has 0 spiro atoms. The minimum absolute atomic E-state index is 0.0595. The Kier molecular flexibility index (Phi) is 5.88. The van der Waals surface area contributed by atoms with Gasteiger partial charge in [-0.25, -0.2) is 4.57 Å². The third-order valence-corrected chi connectivity index (χ3v) is 7.78. The number of amides is 1. The zero-order chi connectivity index (χ0) is 23.1. The molecule has 8 heteroatoms. The van der Waals surface area contributed by atoms with Gasteiger partial charge in [0.05, 0.1) is 29.7 Å². The van der Waals surface area contributed by atoms with Crippen molar-refractivity contribution in [2.24, 2.45) is 5.92 Å². The van der Waals surface area contributed by atoms with Gasteiger partial charge in [0.15, 0.2) is 18.9 Å². The van der Waals surface area contributed by atoms with Gasteiger partial charge < -0.3 is 24.8 Å². The molecule has 1 N–H and O–H groups in total. The highest BCUT2D eigenvalue weighted by molar-refractivity contribution is 7.99. The van der Waals surface area contributed by atoms with Crippen LogP contribution in [-0.2, 0) is 16.1 Å². The number of rotatable bonds is 6. The third-order valence-electron chi connectivity index (χ3n) is 6.84. The van der Waals surface area contributed by atoms with Gasteiger partial charge in [0.1, 0.15) is 0 Å². The zero-order valence-electron chi connectivity index (χ0n) is 18.5. The number of carboxylic acid groups (broad SMARTS) is 1. The minimum atomic E-state index is -1.35. The Balaban J connectivity index is 1.31. The van der Waals surface area contributed by atoms with Crippen LogP contribution < -0.4 is 14.6 Å².